The lowest BCUT2D eigenvalue weighted by atomic mass is 9.99. The molecule has 3 aromatic carbocycles. The number of carbonyl (C=O) groups is 1. The van der Waals surface area contributed by atoms with Crippen molar-refractivity contribution in [3.05, 3.63) is 94.0 Å². The lowest BCUT2D eigenvalue weighted by Crippen LogP contribution is -2.44. The summed E-state index contributed by atoms with van der Waals surface area (Å²) in [6.45, 7) is 5.76. The largest absolute Gasteiger partial charge is 0.381 e. The molecule has 41 heavy (non-hydrogen) atoms. The summed E-state index contributed by atoms with van der Waals surface area (Å²) in [4.78, 5) is 23.0. The zero-order valence-corrected chi connectivity index (χ0v) is 23.3. The minimum atomic E-state index is -0.598. The maximum atomic E-state index is 13.7. The van der Waals surface area contributed by atoms with Crippen LogP contribution in [0.4, 0.5) is 20.2 Å². The molecule has 3 aromatic rings. The lowest BCUT2D eigenvalue weighted by molar-refractivity contribution is 0.0904. The Labute approximate surface area is 239 Å². The normalized spacial score (nSPS) is 17.7. The Balaban J connectivity index is 1.22. The van der Waals surface area contributed by atoms with Gasteiger partial charge in [-0.25, -0.2) is 8.78 Å². The Morgan fingerprint density at radius 3 is 2.46 bits per heavy atom. The number of fused-ring (bicyclic) bond motifs is 1. The zero-order valence-electron chi connectivity index (χ0n) is 23.3. The summed E-state index contributed by atoms with van der Waals surface area (Å²) in [5.74, 6) is -0.912. The topological polar surface area (TPSA) is 69.2 Å². The molecule has 2 fully saturated rings. The number of anilines is 2. The van der Waals surface area contributed by atoms with Crippen LogP contribution in [0.2, 0.25) is 0 Å². The lowest BCUT2D eigenvalue weighted by Gasteiger charge is -2.34. The van der Waals surface area contributed by atoms with Crippen molar-refractivity contribution in [2.75, 3.05) is 56.7 Å². The number of aliphatic imine (C=N–C) groups is 1. The van der Waals surface area contributed by atoms with E-state index in [0.29, 0.717) is 43.1 Å². The molecule has 0 saturated carbocycles. The second kappa shape index (κ2) is 12.0. The number of benzene rings is 3. The molecule has 3 heterocycles. The van der Waals surface area contributed by atoms with Crippen LogP contribution >= 0.6 is 0 Å². The maximum absolute atomic E-state index is 13.7. The van der Waals surface area contributed by atoms with E-state index in [1.165, 1.54) is 12.1 Å². The summed E-state index contributed by atoms with van der Waals surface area (Å²) in [5.41, 5.74) is 5.75. The summed E-state index contributed by atoms with van der Waals surface area (Å²) in [5, 5.41) is 6.68. The Bertz CT molecular complexity index is 1440. The first kappa shape index (κ1) is 27.4. The molecule has 2 N–H and O–H groups in total. The predicted octanol–water partition coefficient (Wildman–Crippen LogP) is 4.59. The van der Waals surface area contributed by atoms with Gasteiger partial charge in [-0.2, -0.15) is 0 Å². The first-order valence-corrected chi connectivity index (χ1v) is 14.3. The van der Waals surface area contributed by atoms with Crippen molar-refractivity contribution in [3.63, 3.8) is 0 Å². The van der Waals surface area contributed by atoms with E-state index in [-0.39, 0.29) is 11.9 Å². The zero-order chi connectivity index (χ0) is 28.3. The number of amides is 1. The van der Waals surface area contributed by atoms with E-state index < -0.39 is 11.6 Å². The van der Waals surface area contributed by atoms with Crippen molar-refractivity contribution in [2.24, 2.45) is 4.99 Å². The van der Waals surface area contributed by atoms with E-state index >= 15 is 0 Å². The average Bonchev–Trinajstić information content (AvgIpc) is 3.35. The summed E-state index contributed by atoms with van der Waals surface area (Å²) in [6.07, 6.45) is 2.14. The minimum Gasteiger partial charge on any atom is -0.381 e. The average molecular weight is 560 g/mol. The number of hydrogen-bond donors (Lipinski definition) is 2. The van der Waals surface area contributed by atoms with E-state index in [0.717, 1.165) is 73.2 Å². The van der Waals surface area contributed by atoms with Gasteiger partial charge in [-0.05, 0) is 79.4 Å². The van der Waals surface area contributed by atoms with Crippen LogP contribution < -0.4 is 15.5 Å². The number of nitrogens with zero attached hydrogens (tertiary/aromatic N) is 3. The van der Waals surface area contributed by atoms with Gasteiger partial charge < -0.3 is 25.2 Å². The smallest absolute Gasteiger partial charge is 0.258 e. The standard InChI is InChI=1S/C32H35F2N5O2/c1-38-8-10-39(11-9-38)27-4-5-28(30(19-27)36-26-6-12-41-13-7-26)32(40)37-31-29-17-21(2-3-23(29)20-35-31)14-22-15-24(33)18-25(34)16-22/h2-5,15-19,26,36H,6-14,20H2,1H3,(H,35,37,40). The quantitative estimate of drug-likeness (QED) is 0.463. The second-order valence-corrected chi connectivity index (χ2v) is 11.1. The fourth-order valence-electron chi connectivity index (χ4n) is 5.74. The van der Waals surface area contributed by atoms with Crippen molar-refractivity contribution in [1.82, 2.24) is 10.2 Å². The van der Waals surface area contributed by atoms with Crippen molar-refractivity contribution >= 4 is 23.1 Å². The highest BCUT2D eigenvalue weighted by Crippen LogP contribution is 2.28. The molecule has 7 nitrogen and oxygen atoms in total. The van der Waals surface area contributed by atoms with Gasteiger partial charge in [0.25, 0.3) is 5.91 Å². The molecular formula is C32H35F2N5O2. The van der Waals surface area contributed by atoms with Gasteiger partial charge in [0.2, 0.25) is 0 Å². The number of halogens is 2. The van der Waals surface area contributed by atoms with E-state index in [9.17, 15) is 13.6 Å². The minimum absolute atomic E-state index is 0.228. The van der Waals surface area contributed by atoms with E-state index in [4.69, 9.17) is 4.74 Å². The Morgan fingerprint density at radius 1 is 0.951 bits per heavy atom. The fraction of sp³-hybridized carbons (Fsp3) is 0.375. The molecule has 0 aromatic heterocycles. The second-order valence-electron chi connectivity index (χ2n) is 11.1. The summed E-state index contributed by atoms with van der Waals surface area (Å²) in [7, 11) is 2.14. The molecule has 2 saturated heterocycles. The molecule has 9 heteroatoms. The van der Waals surface area contributed by atoms with Crippen molar-refractivity contribution in [3.8, 4) is 0 Å². The van der Waals surface area contributed by atoms with E-state index in [1.807, 2.05) is 30.3 Å². The number of rotatable bonds is 6. The molecule has 0 aliphatic carbocycles. The van der Waals surface area contributed by atoms with Crippen LogP contribution in [0.25, 0.3) is 0 Å². The van der Waals surface area contributed by atoms with Crippen molar-refractivity contribution in [1.29, 1.82) is 0 Å². The van der Waals surface area contributed by atoms with E-state index in [2.05, 4.69) is 38.5 Å². The highest BCUT2D eigenvalue weighted by molar-refractivity contribution is 6.15. The first-order chi connectivity index (χ1) is 19.9. The van der Waals surface area contributed by atoms with Gasteiger partial charge in [-0.1, -0.05) is 12.1 Å². The molecule has 0 spiro atoms. The first-order valence-electron chi connectivity index (χ1n) is 14.3. The molecule has 1 amide bonds. The van der Waals surface area contributed by atoms with Gasteiger partial charge in [0.05, 0.1) is 12.1 Å². The maximum Gasteiger partial charge on any atom is 0.258 e. The number of nitrogens with one attached hydrogen (secondary N) is 2. The van der Waals surface area contributed by atoms with Crippen molar-refractivity contribution < 1.29 is 18.3 Å². The van der Waals surface area contributed by atoms with Gasteiger partial charge in [-0.15, -0.1) is 0 Å². The fourth-order valence-corrected chi connectivity index (χ4v) is 5.74. The van der Waals surface area contributed by atoms with Gasteiger partial charge in [0.1, 0.15) is 17.5 Å². The monoisotopic (exact) mass is 559 g/mol. The third-order valence-electron chi connectivity index (χ3n) is 8.10. The third-order valence-corrected chi connectivity index (χ3v) is 8.10. The molecule has 6 rings (SSSR count). The molecule has 0 bridgehead atoms. The Hall–Kier alpha value is -3.82. The summed E-state index contributed by atoms with van der Waals surface area (Å²) >= 11 is 0. The van der Waals surface area contributed by atoms with Gasteiger partial charge >= 0.3 is 0 Å². The molecule has 0 unspecified atom stereocenters. The highest BCUT2D eigenvalue weighted by Gasteiger charge is 2.24. The van der Waals surface area contributed by atoms with Gasteiger partial charge in [0, 0.05) is 68.4 Å². The molecule has 0 atom stereocenters. The van der Waals surface area contributed by atoms with E-state index in [1.54, 1.807) is 0 Å². The number of piperazine rings is 1. The predicted molar refractivity (Wildman–Crippen MR) is 157 cm³/mol. The molecular weight excluding hydrogens is 524 g/mol. The SMILES string of the molecule is CN1CCN(c2ccc(C(=O)NC3=NCc4ccc(Cc5cc(F)cc(F)c5)cc43)c(NC3CCOCC3)c2)CC1. The van der Waals surface area contributed by atoms with Crippen LogP contribution in [0.3, 0.4) is 0 Å². The number of hydrogen-bond acceptors (Lipinski definition) is 6. The van der Waals surface area contributed by atoms with Crippen LogP contribution in [0.1, 0.15) is 45.5 Å². The molecule has 3 aliphatic heterocycles. The number of likely N-dealkylation sites (N-methyl/N-ethyl adjacent to an activating group) is 1. The van der Waals surface area contributed by atoms with Crippen LogP contribution in [0.15, 0.2) is 59.6 Å². The number of ether oxygens (including phenoxy) is 1. The highest BCUT2D eigenvalue weighted by atomic mass is 19.1. The number of amidine groups is 1. The molecule has 3 aliphatic rings. The van der Waals surface area contributed by atoms with Gasteiger partial charge in [0.15, 0.2) is 0 Å². The van der Waals surface area contributed by atoms with Crippen LogP contribution in [0.5, 0.6) is 0 Å². The van der Waals surface area contributed by atoms with Gasteiger partial charge in [-0.3, -0.25) is 9.79 Å². The molecule has 0 radical (unpaired) electrons. The Morgan fingerprint density at radius 2 is 1.71 bits per heavy atom. The third kappa shape index (κ3) is 6.41. The van der Waals surface area contributed by atoms with Crippen LogP contribution in [-0.4, -0.2) is 69.1 Å². The number of carbonyl (C=O) groups excluding carboxylic acids is 1. The van der Waals surface area contributed by atoms with Crippen LogP contribution in [0, 0.1) is 11.6 Å². The van der Waals surface area contributed by atoms with Crippen molar-refractivity contribution in [2.45, 2.75) is 31.8 Å². The summed E-state index contributed by atoms with van der Waals surface area (Å²) in [6, 6.07) is 15.6. The Kier molecular flexibility index (Phi) is 7.98. The van der Waals surface area contributed by atoms with Crippen LogP contribution in [-0.2, 0) is 17.7 Å². The summed E-state index contributed by atoms with van der Waals surface area (Å²) < 4.78 is 33.0. The molecule has 214 valence electrons.